The molecule has 0 saturated heterocycles. The summed E-state index contributed by atoms with van der Waals surface area (Å²) >= 11 is 0. The number of aromatic nitrogens is 1. The fourth-order valence-electron chi connectivity index (χ4n) is 1.09. The van der Waals surface area contributed by atoms with Gasteiger partial charge in [-0.1, -0.05) is 13.8 Å². The van der Waals surface area contributed by atoms with Crippen molar-refractivity contribution in [1.29, 1.82) is 0 Å². The van der Waals surface area contributed by atoms with Crippen LogP contribution in [0.3, 0.4) is 0 Å². The SMILES string of the molecule is CC(C)c1nc2c(o1)OCCN2. The van der Waals surface area contributed by atoms with Gasteiger partial charge in [-0.05, 0) is 0 Å². The molecule has 4 nitrogen and oxygen atoms in total. The van der Waals surface area contributed by atoms with Gasteiger partial charge in [0.15, 0.2) is 0 Å². The monoisotopic (exact) mass is 168 g/mol. The molecule has 0 fully saturated rings. The third-order valence-electron chi connectivity index (χ3n) is 1.73. The van der Waals surface area contributed by atoms with Crippen LogP contribution in [-0.2, 0) is 0 Å². The van der Waals surface area contributed by atoms with E-state index in [1.165, 1.54) is 0 Å². The van der Waals surface area contributed by atoms with E-state index in [1.54, 1.807) is 0 Å². The van der Waals surface area contributed by atoms with Gasteiger partial charge >= 0.3 is 5.95 Å². The predicted molar refractivity (Wildman–Crippen MR) is 44.6 cm³/mol. The summed E-state index contributed by atoms with van der Waals surface area (Å²) in [5, 5.41) is 3.11. The zero-order valence-corrected chi connectivity index (χ0v) is 7.26. The number of anilines is 1. The van der Waals surface area contributed by atoms with Crippen LogP contribution in [0.4, 0.5) is 5.82 Å². The first-order valence-corrected chi connectivity index (χ1v) is 4.15. The van der Waals surface area contributed by atoms with Crippen molar-refractivity contribution in [2.45, 2.75) is 19.8 Å². The summed E-state index contributed by atoms with van der Waals surface area (Å²) in [6, 6.07) is 0. The highest BCUT2D eigenvalue weighted by molar-refractivity contribution is 5.45. The van der Waals surface area contributed by atoms with Crippen molar-refractivity contribution in [2.24, 2.45) is 0 Å². The Labute approximate surface area is 70.9 Å². The van der Waals surface area contributed by atoms with Gasteiger partial charge in [-0.3, -0.25) is 0 Å². The zero-order chi connectivity index (χ0) is 8.55. The van der Waals surface area contributed by atoms with Gasteiger partial charge in [0.1, 0.15) is 6.61 Å². The molecule has 2 heterocycles. The lowest BCUT2D eigenvalue weighted by molar-refractivity contribution is 0.237. The first kappa shape index (κ1) is 7.46. The smallest absolute Gasteiger partial charge is 0.330 e. The van der Waals surface area contributed by atoms with Crippen LogP contribution in [0, 0.1) is 0 Å². The summed E-state index contributed by atoms with van der Waals surface area (Å²) in [5.41, 5.74) is 0. The van der Waals surface area contributed by atoms with Crippen molar-refractivity contribution in [3.8, 4) is 5.95 Å². The van der Waals surface area contributed by atoms with E-state index in [0.717, 1.165) is 18.3 Å². The third-order valence-corrected chi connectivity index (χ3v) is 1.73. The van der Waals surface area contributed by atoms with Crippen LogP contribution in [0.25, 0.3) is 0 Å². The van der Waals surface area contributed by atoms with Crippen LogP contribution in [0.15, 0.2) is 4.42 Å². The number of hydrogen-bond donors (Lipinski definition) is 1. The van der Waals surface area contributed by atoms with Crippen LogP contribution in [0.1, 0.15) is 25.7 Å². The molecule has 0 aromatic carbocycles. The summed E-state index contributed by atoms with van der Waals surface area (Å²) in [7, 11) is 0. The minimum atomic E-state index is 0.306. The predicted octanol–water partition coefficient (Wildman–Crippen LogP) is 1.60. The highest BCUT2D eigenvalue weighted by Gasteiger charge is 2.19. The number of hydrogen-bond acceptors (Lipinski definition) is 4. The van der Waals surface area contributed by atoms with Crippen molar-refractivity contribution in [3.05, 3.63) is 5.89 Å². The van der Waals surface area contributed by atoms with Gasteiger partial charge in [-0.25, -0.2) is 0 Å². The van der Waals surface area contributed by atoms with E-state index in [0.29, 0.717) is 18.5 Å². The number of nitrogens with one attached hydrogen (secondary N) is 1. The van der Waals surface area contributed by atoms with Gasteiger partial charge < -0.3 is 14.5 Å². The average Bonchev–Trinajstić information content (AvgIpc) is 2.46. The molecule has 0 spiro atoms. The van der Waals surface area contributed by atoms with E-state index in [4.69, 9.17) is 9.15 Å². The van der Waals surface area contributed by atoms with E-state index in [2.05, 4.69) is 10.3 Å². The number of fused-ring (bicyclic) bond motifs is 1. The van der Waals surface area contributed by atoms with Gasteiger partial charge in [-0.2, -0.15) is 4.98 Å². The quantitative estimate of drug-likeness (QED) is 0.692. The molecule has 66 valence electrons. The van der Waals surface area contributed by atoms with Crippen LogP contribution in [0.5, 0.6) is 5.95 Å². The van der Waals surface area contributed by atoms with E-state index >= 15 is 0 Å². The lowest BCUT2D eigenvalue weighted by Gasteiger charge is -2.10. The molecule has 1 aliphatic rings. The minimum absolute atomic E-state index is 0.306. The molecule has 12 heavy (non-hydrogen) atoms. The van der Waals surface area contributed by atoms with Gasteiger partial charge in [0.2, 0.25) is 11.7 Å². The van der Waals surface area contributed by atoms with E-state index < -0.39 is 0 Å². The molecule has 2 rings (SSSR count). The number of nitrogens with zero attached hydrogens (tertiary/aromatic N) is 1. The maximum Gasteiger partial charge on any atom is 0.330 e. The molecule has 1 aliphatic heterocycles. The fourth-order valence-corrected chi connectivity index (χ4v) is 1.09. The number of oxazole rings is 1. The van der Waals surface area contributed by atoms with Crippen molar-refractivity contribution >= 4 is 5.82 Å². The normalized spacial score (nSPS) is 15.2. The van der Waals surface area contributed by atoms with E-state index in [9.17, 15) is 0 Å². The number of rotatable bonds is 1. The van der Waals surface area contributed by atoms with Crippen molar-refractivity contribution < 1.29 is 9.15 Å². The lowest BCUT2D eigenvalue weighted by atomic mass is 10.2. The molecule has 0 radical (unpaired) electrons. The van der Waals surface area contributed by atoms with Crippen LogP contribution < -0.4 is 10.1 Å². The molecule has 0 saturated carbocycles. The lowest BCUT2D eigenvalue weighted by Crippen LogP contribution is -2.17. The van der Waals surface area contributed by atoms with Crippen molar-refractivity contribution in [1.82, 2.24) is 4.98 Å². The Hall–Kier alpha value is -1.19. The molecule has 1 aromatic heterocycles. The van der Waals surface area contributed by atoms with Gasteiger partial charge in [0.25, 0.3) is 0 Å². The maximum atomic E-state index is 5.37. The molecule has 0 atom stereocenters. The molecule has 1 N–H and O–H groups in total. The van der Waals surface area contributed by atoms with Gasteiger partial charge in [0.05, 0.1) is 6.54 Å². The van der Waals surface area contributed by atoms with Crippen LogP contribution in [-0.4, -0.2) is 18.1 Å². The Morgan fingerprint density at radius 2 is 2.33 bits per heavy atom. The minimum Gasteiger partial charge on any atom is -0.461 e. The first-order valence-electron chi connectivity index (χ1n) is 4.15. The second-order valence-corrected chi connectivity index (χ2v) is 3.12. The summed E-state index contributed by atoms with van der Waals surface area (Å²) in [6.45, 7) is 5.53. The van der Waals surface area contributed by atoms with Crippen LogP contribution in [0.2, 0.25) is 0 Å². The largest absolute Gasteiger partial charge is 0.461 e. The van der Waals surface area contributed by atoms with E-state index in [-0.39, 0.29) is 0 Å². The summed E-state index contributed by atoms with van der Waals surface area (Å²) < 4.78 is 10.6. The highest BCUT2D eigenvalue weighted by atomic mass is 16.6. The topological polar surface area (TPSA) is 47.3 Å². The maximum absolute atomic E-state index is 5.37. The fraction of sp³-hybridized carbons (Fsp3) is 0.625. The Balaban J connectivity index is 2.32. The average molecular weight is 168 g/mol. The molecule has 0 unspecified atom stereocenters. The molecular weight excluding hydrogens is 156 g/mol. The molecule has 0 aliphatic carbocycles. The van der Waals surface area contributed by atoms with Gasteiger partial charge in [-0.15, -0.1) is 0 Å². The Kier molecular flexibility index (Phi) is 1.67. The highest BCUT2D eigenvalue weighted by Crippen LogP contribution is 2.30. The Morgan fingerprint density at radius 1 is 1.50 bits per heavy atom. The van der Waals surface area contributed by atoms with E-state index in [1.807, 2.05) is 13.8 Å². The molecule has 1 aromatic rings. The third kappa shape index (κ3) is 1.13. The van der Waals surface area contributed by atoms with Crippen molar-refractivity contribution in [3.63, 3.8) is 0 Å². The van der Waals surface area contributed by atoms with Crippen LogP contribution >= 0.6 is 0 Å². The summed E-state index contributed by atoms with van der Waals surface area (Å²) in [4.78, 5) is 4.25. The second kappa shape index (κ2) is 2.69. The zero-order valence-electron chi connectivity index (χ0n) is 7.26. The summed E-state index contributed by atoms with van der Waals surface area (Å²) in [6.07, 6.45) is 0. The van der Waals surface area contributed by atoms with Gasteiger partial charge in [0, 0.05) is 5.92 Å². The first-order chi connectivity index (χ1) is 5.77. The Morgan fingerprint density at radius 3 is 3.00 bits per heavy atom. The number of ether oxygens (including phenoxy) is 1. The summed E-state index contributed by atoms with van der Waals surface area (Å²) in [5.74, 6) is 2.31. The molecule has 0 bridgehead atoms. The second-order valence-electron chi connectivity index (χ2n) is 3.12. The molecule has 0 amide bonds. The van der Waals surface area contributed by atoms with Crippen molar-refractivity contribution in [2.75, 3.05) is 18.5 Å². The Bertz CT molecular complexity index is 257. The standard InChI is InChI=1S/C8H12N2O2/c1-5(2)7-10-6-8(12-7)11-4-3-9-6/h5,9H,3-4H2,1-2H3. The molecule has 4 heteroatoms. The molecular formula is C8H12N2O2.